The van der Waals surface area contributed by atoms with Gasteiger partial charge in [-0.3, -0.25) is 9.80 Å². The third-order valence-corrected chi connectivity index (χ3v) is 8.43. The van der Waals surface area contributed by atoms with E-state index in [2.05, 4.69) is 52.8 Å². The van der Waals surface area contributed by atoms with E-state index in [1.54, 1.807) is 23.2 Å². The van der Waals surface area contributed by atoms with Crippen molar-refractivity contribution in [3.63, 3.8) is 0 Å². The Kier molecular flexibility index (Phi) is 5.62. The van der Waals surface area contributed by atoms with Crippen molar-refractivity contribution >= 4 is 17.7 Å². The number of hydrazine groups is 1. The fraction of sp³-hybridized carbons (Fsp3) is 0.346. The Morgan fingerprint density at radius 1 is 1.14 bits per heavy atom. The summed E-state index contributed by atoms with van der Waals surface area (Å²) in [5, 5.41) is 28.7. The van der Waals surface area contributed by atoms with Gasteiger partial charge in [0.1, 0.15) is 11.8 Å². The van der Waals surface area contributed by atoms with E-state index in [-0.39, 0.29) is 23.4 Å². The third kappa shape index (κ3) is 3.34. The summed E-state index contributed by atoms with van der Waals surface area (Å²) in [6, 6.07) is 16.6. The number of carbonyl (C=O) groups is 1. The van der Waals surface area contributed by atoms with Gasteiger partial charge in [0.25, 0.3) is 5.91 Å². The molecular weight excluding hydrogens is 464 g/mol. The molecule has 0 aromatic heterocycles. The number of benzene rings is 2. The molecule has 2 atom stereocenters. The van der Waals surface area contributed by atoms with Crippen molar-refractivity contribution in [1.29, 1.82) is 0 Å². The van der Waals surface area contributed by atoms with Gasteiger partial charge in [0, 0.05) is 43.6 Å². The maximum atomic E-state index is 13.8. The Morgan fingerprint density at radius 3 is 2.63 bits per heavy atom. The van der Waals surface area contributed by atoms with Gasteiger partial charge in [-0.15, -0.1) is 11.8 Å². The molecule has 2 aromatic rings. The minimum atomic E-state index is -1.23. The highest BCUT2D eigenvalue weighted by molar-refractivity contribution is 7.98. The minimum Gasteiger partial charge on any atom is -0.507 e. The van der Waals surface area contributed by atoms with Gasteiger partial charge in [0.15, 0.2) is 11.5 Å². The van der Waals surface area contributed by atoms with Crippen LogP contribution in [0.25, 0.3) is 0 Å². The summed E-state index contributed by atoms with van der Waals surface area (Å²) < 4.78 is 5.36. The van der Waals surface area contributed by atoms with Crippen LogP contribution in [0, 0.1) is 0 Å². The molecule has 4 heterocycles. The van der Waals surface area contributed by atoms with Crippen LogP contribution in [-0.4, -0.2) is 76.2 Å². The van der Waals surface area contributed by atoms with Gasteiger partial charge >= 0.3 is 0 Å². The second kappa shape index (κ2) is 8.69. The molecule has 3 N–H and O–H groups in total. The molecule has 0 radical (unpaired) electrons. The van der Waals surface area contributed by atoms with E-state index in [9.17, 15) is 15.0 Å². The van der Waals surface area contributed by atoms with E-state index >= 15 is 0 Å². The molecule has 9 heteroatoms. The number of ether oxygens (including phenoxy) is 1. The Morgan fingerprint density at radius 2 is 1.89 bits per heavy atom. The Balaban J connectivity index is 1.61. The molecule has 2 fully saturated rings. The molecule has 1 amide bonds. The van der Waals surface area contributed by atoms with Crippen LogP contribution >= 0.6 is 11.8 Å². The van der Waals surface area contributed by atoms with E-state index in [4.69, 9.17) is 4.74 Å². The van der Waals surface area contributed by atoms with Crippen molar-refractivity contribution < 1.29 is 19.7 Å². The van der Waals surface area contributed by atoms with Crippen molar-refractivity contribution in [2.45, 2.75) is 28.5 Å². The van der Waals surface area contributed by atoms with E-state index < -0.39 is 11.8 Å². The quantitative estimate of drug-likeness (QED) is 0.600. The molecule has 182 valence electrons. The van der Waals surface area contributed by atoms with E-state index in [1.165, 1.54) is 16.5 Å². The molecule has 2 unspecified atom stereocenters. The first-order chi connectivity index (χ1) is 17.1. The maximum absolute atomic E-state index is 13.8. The molecule has 0 aliphatic carbocycles. The van der Waals surface area contributed by atoms with Crippen LogP contribution in [0.15, 0.2) is 77.2 Å². The molecule has 8 nitrogen and oxygen atoms in total. The number of aliphatic hydroxyl groups excluding tert-OH is 2. The largest absolute Gasteiger partial charge is 0.507 e. The predicted octanol–water partition coefficient (Wildman–Crippen LogP) is 2.35. The number of rotatable bonds is 4. The summed E-state index contributed by atoms with van der Waals surface area (Å²) in [5.74, 6) is 0.194. The number of aliphatic hydroxyl groups is 2. The highest BCUT2D eigenvalue weighted by Gasteiger charge is 2.60. The van der Waals surface area contributed by atoms with Crippen molar-refractivity contribution in [3.05, 3.63) is 89.0 Å². The number of thioether (sulfide) groups is 1. The molecule has 1 spiro atoms. The van der Waals surface area contributed by atoms with Crippen LogP contribution in [0.5, 0.6) is 0 Å². The summed E-state index contributed by atoms with van der Waals surface area (Å²) in [7, 11) is 1.61. The molecule has 0 bridgehead atoms. The van der Waals surface area contributed by atoms with E-state index in [0.717, 1.165) is 16.9 Å². The first-order valence-corrected chi connectivity index (χ1v) is 12.7. The van der Waals surface area contributed by atoms with Gasteiger partial charge in [-0.2, -0.15) is 5.01 Å². The number of methoxy groups -OCH3 is 1. The molecule has 35 heavy (non-hydrogen) atoms. The molecule has 6 rings (SSSR count). The maximum Gasteiger partial charge on any atom is 0.277 e. The highest BCUT2D eigenvalue weighted by atomic mass is 32.2. The number of nitrogens with one attached hydrogen (secondary N) is 1. The summed E-state index contributed by atoms with van der Waals surface area (Å²) in [6.07, 6.45) is 2.01. The van der Waals surface area contributed by atoms with Gasteiger partial charge in [0.05, 0.1) is 12.6 Å². The summed E-state index contributed by atoms with van der Waals surface area (Å²) in [5.41, 5.74) is 2.95. The van der Waals surface area contributed by atoms with Gasteiger partial charge < -0.3 is 25.2 Å². The average Bonchev–Trinajstić information content (AvgIpc) is 3.01. The van der Waals surface area contributed by atoms with E-state index in [1.807, 2.05) is 17.8 Å². The fourth-order valence-corrected chi connectivity index (χ4v) is 6.62. The second-order valence-corrected chi connectivity index (χ2v) is 10.2. The molecule has 4 aliphatic heterocycles. The molecule has 2 aromatic carbocycles. The van der Waals surface area contributed by atoms with Crippen LogP contribution in [-0.2, 0) is 15.3 Å². The average molecular weight is 493 g/mol. The molecule has 0 saturated carbocycles. The SMILES string of the molecule is COCCN1C(=O)C2=C(O)C(O)C=CN2N(C2c3ccccc3CSc3ccccc32)C12CNC2. The Labute approximate surface area is 208 Å². The number of carbonyl (C=O) groups excluding carboxylic acids is 1. The van der Waals surface area contributed by atoms with Crippen molar-refractivity contribution in [2.24, 2.45) is 0 Å². The van der Waals surface area contributed by atoms with Gasteiger partial charge in [-0.25, -0.2) is 0 Å². The topological polar surface area (TPSA) is 88.5 Å². The van der Waals surface area contributed by atoms with Crippen LogP contribution in [0.1, 0.15) is 22.7 Å². The zero-order valence-corrected chi connectivity index (χ0v) is 20.2. The van der Waals surface area contributed by atoms with Crippen LogP contribution in [0.4, 0.5) is 0 Å². The lowest BCUT2D eigenvalue weighted by Crippen LogP contribution is -2.83. The van der Waals surface area contributed by atoms with Crippen molar-refractivity contribution in [3.8, 4) is 0 Å². The molecule has 4 aliphatic rings. The Hall–Kier alpha value is -2.82. The minimum absolute atomic E-state index is 0.0838. The summed E-state index contributed by atoms with van der Waals surface area (Å²) in [4.78, 5) is 16.8. The number of fused-ring (bicyclic) bond motifs is 3. The van der Waals surface area contributed by atoms with Crippen LogP contribution in [0.2, 0.25) is 0 Å². The second-order valence-electron chi connectivity index (χ2n) is 9.17. The first-order valence-electron chi connectivity index (χ1n) is 11.8. The molecular formula is C26H28N4O4S. The van der Waals surface area contributed by atoms with Gasteiger partial charge in [-0.1, -0.05) is 42.5 Å². The van der Waals surface area contributed by atoms with Crippen molar-refractivity contribution in [2.75, 3.05) is 33.4 Å². The lowest BCUT2D eigenvalue weighted by molar-refractivity contribution is -0.219. The summed E-state index contributed by atoms with van der Waals surface area (Å²) in [6.45, 7) is 1.86. The zero-order chi connectivity index (χ0) is 24.2. The lowest BCUT2D eigenvalue weighted by Gasteiger charge is -2.64. The number of amides is 1. The summed E-state index contributed by atoms with van der Waals surface area (Å²) >= 11 is 1.81. The van der Waals surface area contributed by atoms with E-state index in [0.29, 0.717) is 26.2 Å². The third-order valence-electron chi connectivity index (χ3n) is 7.30. The van der Waals surface area contributed by atoms with Gasteiger partial charge in [-0.05, 0) is 28.8 Å². The number of hydrogen-bond donors (Lipinski definition) is 3. The fourth-order valence-electron chi connectivity index (χ4n) is 5.53. The number of nitrogens with zero attached hydrogens (tertiary/aromatic N) is 3. The lowest BCUT2D eigenvalue weighted by atomic mass is 9.88. The predicted molar refractivity (Wildman–Crippen MR) is 132 cm³/mol. The zero-order valence-electron chi connectivity index (χ0n) is 19.4. The van der Waals surface area contributed by atoms with Crippen molar-refractivity contribution in [1.82, 2.24) is 20.2 Å². The monoisotopic (exact) mass is 492 g/mol. The number of hydrogen-bond acceptors (Lipinski definition) is 8. The van der Waals surface area contributed by atoms with Crippen LogP contribution in [0.3, 0.4) is 0 Å². The standard InChI is InChI=1S/C26H28N4O4S/c1-34-13-12-28-25(33)23-24(32)20(31)10-11-29(23)30(26(28)15-27-16-26)22-18-7-3-2-6-17(18)14-35-21-9-5-4-8-19(21)22/h2-11,20,22,27,31-32H,12-16H2,1H3. The molecule has 2 saturated heterocycles. The first kappa shape index (κ1) is 22.6. The highest BCUT2D eigenvalue weighted by Crippen LogP contribution is 2.50. The normalized spacial score (nSPS) is 25.1. The smallest absolute Gasteiger partial charge is 0.277 e. The van der Waals surface area contributed by atoms with Crippen LogP contribution < -0.4 is 5.32 Å². The Bertz CT molecular complexity index is 1180. The van der Waals surface area contributed by atoms with Gasteiger partial charge in [0.2, 0.25) is 0 Å².